The van der Waals surface area contributed by atoms with Crippen molar-refractivity contribution in [2.24, 2.45) is 5.92 Å². The standard InChI is InChI=1S/C15H19Cl2N/c1-18-12-6-7-15(18)14(9-16)13(8-12)10-2-4-11(17)5-3-10/h2-5,12-15H,6-9H2,1H3/t12?,13-,14+,15?/m1/s1. The van der Waals surface area contributed by atoms with Crippen molar-refractivity contribution in [3.05, 3.63) is 34.9 Å². The van der Waals surface area contributed by atoms with Crippen molar-refractivity contribution in [3.63, 3.8) is 0 Å². The molecule has 18 heavy (non-hydrogen) atoms. The first-order valence-corrected chi connectivity index (χ1v) is 7.65. The predicted molar refractivity (Wildman–Crippen MR) is 77.6 cm³/mol. The second kappa shape index (κ2) is 5.03. The van der Waals surface area contributed by atoms with Crippen LogP contribution in [-0.2, 0) is 0 Å². The lowest BCUT2D eigenvalue weighted by Gasteiger charge is -2.42. The van der Waals surface area contributed by atoms with Gasteiger partial charge in [0.15, 0.2) is 0 Å². The molecular formula is C15H19Cl2N. The summed E-state index contributed by atoms with van der Waals surface area (Å²) in [5.74, 6) is 1.94. The molecule has 2 aliphatic heterocycles. The van der Waals surface area contributed by atoms with E-state index in [4.69, 9.17) is 23.2 Å². The molecule has 3 rings (SSSR count). The molecule has 2 bridgehead atoms. The van der Waals surface area contributed by atoms with Gasteiger partial charge in [0.1, 0.15) is 0 Å². The summed E-state index contributed by atoms with van der Waals surface area (Å²) in [4.78, 5) is 2.56. The fourth-order valence-corrected chi connectivity index (χ4v) is 4.43. The van der Waals surface area contributed by atoms with Gasteiger partial charge in [0, 0.05) is 23.0 Å². The first-order chi connectivity index (χ1) is 8.70. The number of fused-ring (bicyclic) bond motifs is 2. The minimum Gasteiger partial charge on any atom is -0.300 e. The summed E-state index contributed by atoms with van der Waals surface area (Å²) in [5, 5.41) is 0.817. The Kier molecular flexibility index (Phi) is 3.57. The maximum atomic E-state index is 6.26. The summed E-state index contributed by atoms with van der Waals surface area (Å²) < 4.78 is 0. The lowest BCUT2D eigenvalue weighted by molar-refractivity contribution is 0.111. The Bertz CT molecular complexity index is 417. The zero-order valence-corrected chi connectivity index (χ0v) is 12.2. The Morgan fingerprint density at radius 3 is 2.61 bits per heavy atom. The predicted octanol–water partition coefficient (Wildman–Crippen LogP) is 4.15. The summed E-state index contributed by atoms with van der Waals surface area (Å²) in [5.41, 5.74) is 1.41. The third-order valence-electron chi connectivity index (χ3n) is 4.91. The molecule has 2 aliphatic rings. The first-order valence-electron chi connectivity index (χ1n) is 6.74. The van der Waals surface area contributed by atoms with Crippen molar-refractivity contribution in [1.29, 1.82) is 0 Å². The number of benzene rings is 1. The molecule has 4 atom stereocenters. The second-order valence-corrected chi connectivity index (χ2v) is 6.42. The van der Waals surface area contributed by atoms with Gasteiger partial charge in [-0.05, 0) is 55.8 Å². The molecule has 1 nitrogen and oxygen atoms in total. The molecule has 0 amide bonds. The van der Waals surface area contributed by atoms with Crippen LogP contribution in [0.1, 0.15) is 30.7 Å². The highest BCUT2D eigenvalue weighted by Gasteiger charge is 2.45. The lowest BCUT2D eigenvalue weighted by Crippen LogP contribution is -2.46. The van der Waals surface area contributed by atoms with Gasteiger partial charge in [-0.1, -0.05) is 23.7 Å². The summed E-state index contributed by atoms with van der Waals surface area (Å²) in [6.07, 6.45) is 3.88. The average Bonchev–Trinajstić information content (AvgIpc) is 2.63. The lowest BCUT2D eigenvalue weighted by atomic mass is 9.77. The van der Waals surface area contributed by atoms with Crippen molar-refractivity contribution in [1.82, 2.24) is 4.90 Å². The number of piperidine rings is 1. The Labute approximate surface area is 119 Å². The Hall–Kier alpha value is -0.240. The fraction of sp³-hybridized carbons (Fsp3) is 0.600. The van der Waals surface area contributed by atoms with Crippen LogP contribution in [0.3, 0.4) is 0 Å². The van der Waals surface area contributed by atoms with Gasteiger partial charge in [-0.25, -0.2) is 0 Å². The Morgan fingerprint density at radius 2 is 1.94 bits per heavy atom. The molecule has 2 unspecified atom stereocenters. The molecule has 2 heterocycles. The van der Waals surface area contributed by atoms with E-state index in [0.29, 0.717) is 17.9 Å². The fourth-order valence-electron chi connectivity index (χ4n) is 3.88. The molecule has 3 heteroatoms. The van der Waals surface area contributed by atoms with E-state index in [9.17, 15) is 0 Å². The molecule has 0 aromatic heterocycles. The van der Waals surface area contributed by atoms with Crippen molar-refractivity contribution in [3.8, 4) is 0 Å². The number of nitrogens with zero attached hydrogens (tertiary/aromatic N) is 1. The summed E-state index contributed by atoms with van der Waals surface area (Å²) in [6, 6.07) is 9.77. The molecule has 1 aromatic rings. The van der Waals surface area contributed by atoms with Crippen molar-refractivity contribution in [2.45, 2.75) is 37.3 Å². The van der Waals surface area contributed by atoms with Crippen LogP contribution in [0.2, 0.25) is 5.02 Å². The van der Waals surface area contributed by atoms with Gasteiger partial charge in [-0.15, -0.1) is 11.6 Å². The molecular weight excluding hydrogens is 265 g/mol. The van der Waals surface area contributed by atoms with Gasteiger partial charge >= 0.3 is 0 Å². The number of hydrogen-bond acceptors (Lipinski definition) is 1. The first kappa shape index (κ1) is 12.8. The highest BCUT2D eigenvalue weighted by atomic mass is 35.5. The minimum atomic E-state index is 0.580. The molecule has 2 fully saturated rings. The van der Waals surface area contributed by atoms with Gasteiger partial charge in [0.25, 0.3) is 0 Å². The van der Waals surface area contributed by atoms with E-state index < -0.39 is 0 Å². The largest absolute Gasteiger partial charge is 0.300 e. The zero-order chi connectivity index (χ0) is 12.7. The van der Waals surface area contributed by atoms with Gasteiger partial charge in [0.2, 0.25) is 0 Å². The normalized spacial score (nSPS) is 35.9. The molecule has 2 saturated heterocycles. The molecule has 0 saturated carbocycles. The van der Waals surface area contributed by atoms with E-state index in [0.717, 1.165) is 16.9 Å². The Balaban J connectivity index is 1.89. The number of hydrogen-bond donors (Lipinski definition) is 0. The summed E-state index contributed by atoms with van der Waals surface area (Å²) in [6.45, 7) is 0. The van der Waals surface area contributed by atoms with Crippen LogP contribution in [0.25, 0.3) is 0 Å². The molecule has 98 valence electrons. The highest BCUT2D eigenvalue weighted by Crippen LogP contribution is 2.46. The zero-order valence-electron chi connectivity index (χ0n) is 10.7. The molecule has 0 aliphatic carbocycles. The van der Waals surface area contributed by atoms with Crippen LogP contribution in [0.4, 0.5) is 0 Å². The quantitative estimate of drug-likeness (QED) is 0.738. The highest BCUT2D eigenvalue weighted by molar-refractivity contribution is 6.30. The maximum absolute atomic E-state index is 6.26. The molecule has 1 aromatic carbocycles. The van der Waals surface area contributed by atoms with Crippen molar-refractivity contribution < 1.29 is 0 Å². The number of halogens is 2. The van der Waals surface area contributed by atoms with Crippen LogP contribution < -0.4 is 0 Å². The van der Waals surface area contributed by atoms with Gasteiger partial charge in [-0.3, -0.25) is 0 Å². The summed E-state index contributed by atoms with van der Waals surface area (Å²) in [7, 11) is 2.26. The van der Waals surface area contributed by atoms with Crippen LogP contribution >= 0.6 is 23.2 Å². The number of alkyl halides is 1. The van der Waals surface area contributed by atoms with Crippen LogP contribution in [0.5, 0.6) is 0 Å². The maximum Gasteiger partial charge on any atom is 0.0406 e. The minimum absolute atomic E-state index is 0.580. The van der Waals surface area contributed by atoms with E-state index in [1.807, 2.05) is 12.1 Å². The Morgan fingerprint density at radius 1 is 1.22 bits per heavy atom. The van der Waals surface area contributed by atoms with E-state index in [1.165, 1.54) is 24.8 Å². The van der Waals surface area contributed by atoms with E-state index in [2.05, 4.69) is 24.1 Å². The smallest absolute Gasteiger partial charge is 0.0406 e. The third-order valence-corrected chi connectivity index (χ3v) is 5.52. The molecule has 0 spiro atoms. The van der Waals surface area contributed by atoms with E-state index >= 15 is 0 Å². The monoisotopic (exact) mass is 283 g/mol. The molecule has 0 N–H and O–H groups in total. The number of rotatable bonds is 2. The average molecular weight is 284 g/mol. The SMILES string of the molecule is CN1C2CCC1[C@@H](CCl)[C@@H](c1ccc(Cl)cc1)C2. The van der Waals surface area contributed by atoms with Crippen molar-refractivity contribution in [2.75, 3.05) is 12.9 Å². The van der Waals surface area contributed by atoms with Gasteiger partial charge in [-0.2, -0.15) is 0 Å². The van der Waals surface area contributed by atoms with E-state index in [1.54, 1.807) is 0 Å². The third kappa shape index (κ3) is 2.07. The van der Waals surface area contributed by atoms with E-state index in [-0.39, 0.29) is 0 Å². The van der Waals surface area contributed by atoms with Gasteiger partial charge in [0.05, 0.1) is 0 Å². The van der Waals surface area contributed by atoms with Crippen LogP contribution in [-0.4, -0.2) is 29.9 Å². The topological polar surface area (TPSA) is 3.24 Å². The van der Waals surface area contributed by atoms with Crippen LogP contribution in [0, 0.1) is 5.92 Å². The van der Waals surface area contributed by atoms with Crippen LogP contribution in [0.15, 0.2) is 24.3 Å². The second-order valence-electron chi connectivity index (χ2n) is 5.68. The summed E-state index contributed by atoms with van der Waals surface area (Å²) >= 11 is 12.2. The van der Waals surface area contributed by atoms with Crippen molar-refractivity contribution >= 4 is 23.2 Å². The molecule has 0 radical (unpaired) electrons. The van der Waals surface area contributed by atoms with Gasteiger partial charge < -0.3 is 4.90 Å².